The Bertz CT molecular complexity index is 1450. The molecule has 1 saturated heterocycles. The maximum absolute atomic E-state index is 13.8. The number of aliphatic hydroxyl groups is 1. The van der Waals surface area contributed by atoms with Crippen LogP contribution < -0.4 is 10.2 Å². The van der Waals surface area contributed by atoms with E-state index in [4.69, 9.17) is 4.74 Å². The van der Waals surface area contributed by atoms with E-state index in [1.54, 1.807) is 36.2 Å². The third-order valence-electron chi connectivity index (χ3n) is 8.45. The molecule has 5 rings (SSSR count). The maximum atomic E-state index is 13.8. The number of benzene rings is 3. The average molecular weight is 588 g/mol. The Hall–Kier alpha value is -3.83. The van der Waals surface area contributed by atoms with Crippen molar-refractivity contribution >= 4 is 43.6 Å². The van der Waals surface area contributed by atoms with Crippen LogP contribution in [0.3, 0.4) is 0 Å². The van der Waals surface area contributed by atoms with Gasteiger partial charge in [0.2, 0.25) is 12.3 Å². The van der Waals surface area contributed by atoms with Crippen molar-refractivity contribution < 1.29 is 29.0 Å². The van der Waals surface area contributed by atoms with Gasteiger partial charge in [-0.25, -0.2) is 0 Å². The molecule has 2 aliphatic heterocycles. The van der Waals surface area contributed by atoms with Crippen LogP contribution in [-0.4, -0.2) is 60.6 Å². The monoisotopic (exact) mass is 587 g/mol. The predicted octanol–water partition coefficient (Wildman–Crippen LogP) is 4.14. The number of nitrogens with one attached hydrogen (secondary N) is 1. The molecule has 3 aromatic carbocycles. The lowest BCUT2D eigenvalue weighted by molar-refractivity contribution is -0.148. The Kier molecular flexibility index (Phi) is 8.34. The second-order valence-electron chi connectivity index (χ2n) is 11.6. The molecule has 9 nitrogen and oxygen atoms in total. The molecule has 0 aliphatic carbocycles. The van der Waals surface area contributed by atoms with Crippen molar-refractivity contribution in [2.75, 3.05) is 23.4 Å². The lowest BCUT2D eigenvalue weighted by atomic mass is 9.82. The molecule has 1 fully saturated rings. The molecule has 10 heteroatoms. The van der Waals surface area contributed by atoms with Crippen LogP contribution >= 0.6 is 0 Å². The Morgan fingerprint density at radius 1 is 1.05 bits per heavy atom. The minimum Gasteiger partial charge on any atom is -0.432 e. The number of fused-ring (bicyclic) bond motifs is 2. The van der Waals surface area contributed by atoms with Crippen LogP contribution in [0.2, 0.25) is 18.6 Å². The van der Waals surface area contributed by atoms with Crippen LogP contribution in [0, 0.1) is 5.92 Å². The smallest absolute Gasteiger partial charge is 0.261 e. The number of anilines is 3. The number of ether oxygens (including phenoxy) is 1. The fourth-order valence-corrected chi connectivity index (χ4v) is 9.17. The number of aliphatic hydroxyl groups excluding tert-OH is 1. The standard InChI is InChI=1S/C32H37N3O6Si/c1-22-30(42(2,3)40)28(19-29(38)34(16-17-36)20-23-10-6-4-7-11-23)41-32(22)26-18-25(14-15-27(26)33-31(32)39)35(21-37)24-12-8-5-9-13-24/h4-15,18,21-22,28,30,36,40H,16-17,19-20H2,1-3H3,(H,33,39)/t22-,28+,30-,32+/m1/s1. The first kappa shape index (κ1) is 29.7. The Labute approximate surface area is 246 Å². The van der Waals surface area contributed by atoms with Crippen molar-refractivity contribution in [3.63, 3.8) is 0 Å². The van der Waals surface area contributed by atoms with Crippen LogP contribution in [0.5, 0.6) is 0 Å². The SMILES string of the molecule is C[C@@H]1[C@@H]([Si](C)(C)O)[C@H](CC(=O)N(CCO)Cc2ccccc2)O[C@@]12C(=O)Nc1ccc(N(C=O)c3ccccc3)cc12. The van der Waals surface area contributed by atoms with Crippen molar-refractivity contribution in [3.8, 4) is 0 Å². The number of rotatable bonds is 10. The summed E-state index contributed by atoms with van der Waals surface area (Å²) in [5, 5.41) is 12.6. The molecule has 4 atom stereocenters. The first-order valence-electron chi connectivity index (χ1n) is 14.2. The minimum atomic E-state index is -2.98. The summed E-state index contributed by atoms with van der Waals surface area (Å²) < 4.78 is 6.67. The highest BCUT2D eigenvalue weighted by Crippen LogP contribution is 2.58. The summed E-state index contributed by atoms with van der Waals surface area (Å²) in [5.74, 6) is -1.04. The third kappa shape index (κ3) is 5.38. The van der Waals surface area contributed by atoms with Gasteiger partial charge in [-0.05, 0) is 49.0 Å². The van der Waals surface area contributed by atoms with E-state index in [0.717, 1.165) is 12.0 Å². The van der Waals surface area contributed by atoms with E-state index in [9.17, 15) is 24.3 Å². The molecule has 220 valence electrons. The number of hydrogen-bond donors (Lipinski definition) is 3. The molecule has 0 unspecified atom stereocenters. The fourth-order valence-electron chi connectivity index (χ4n) is 6.61. The van der Waals surface area contributed by atoms with Gasteiger partial charge in [0.05, 0.1) is 19.1 Å². The maximum Gasteiger partial charge on any atom is 0.261 e. The molecule has 3 N–H and O–H groups in total. The molecule has 3 aromatic rings. The van der Waals surface area contributed by atoms with Crippen LogP contribution in [0.15, 0.2) is 78.9 Å². The molecule has 0 aromatic heterocycles. The summed E-state index contributed by atoms with van der Waals surface area (Å²) in [6, 6.07) is 24.0. The summed E-state index contributed by atoms with van der Waals surface area (Å²) in [4.78, 5) is 54.1. The van der Waals surface area contributed by atoms with Crippen molar-refractivity contribution in [1.29, 1.82) is 0 Å². The van der Waals surface area contributed by atoms with E-state index in [2.05, 4.69) is 5.32 Å². The largest absolute Gasteiger partial charge is 0.432 e. The number of amides is 3. The number of para-hydroxylation sites is 1. The van der Waals surface area contributed by atoms with Crippen molar-refractivity contribution in [2.24, 2.45) is 5.92 Å². The molecular weight excluding hydrogens is 550 g/mol. The predicted molar refractivity (Wildman–Crippen MR) is 162 cm³/mol. The van der Waals surface area contributed by atoms with E-state index < -0.39 is 31.5 Å². The van der Waals surface area contributed by atoms with Crippen LogP contribution in [0.4, 0.5) is 17.1 Å². The molecule has 1 spiro atoms. The zero-order valence-electron chi connectivity index (χ0n) is 24.1. The first-order valence-corrected chi connectivity index (χ1v) is 17.2. The molecule has 3 amide bonds. The van der Waals surface area contributed by atoms with Gasteiger partial charge in [-0.15, -0.1) is 0 Å². The van der Waals surface area contributed by atoms with Gasteiger partial charge in [-0.1, -0.05) is 55.5 Å². The molecule has 0 radical (unpaired) electrons. The van der Waals surface area contributed by atoms with Gasteiger partial charge in [0.1, 0.15) is 0 Å². The second-order valence-corrected chi connectivity index (χ2v) is 15.6. The highest BCUT2D eigenvalue weighted by molar-refractivity contribution is 6.71. The van der Waals surface area contributed by atoms with E-state index in [1.807, 2.05) is 67.6 Å². The molecule has 0 saturated carbocycles. The van der Waals surface area contributed by atoms with Gasteiger partial charge in [0, 0.05) is 47.2 Å². The highest BCUT2D eigenvalue weighted by Gasteiger charge is 2.65. The molecular formula is C32H37N3O6Si. The summed E-state index contributed by atoms with van der Waals surface area (Å²) in [6.07, 6.45) is -0.0516. The number of hydrogen-bond acceptors (Lipinski definition) is 6. The summed E-state index contributed by atoms with van der Waals surface area (Å²) >= 11 is 0. The van der Waals surface area contributed by atoms with Gasteiger partial charge in [0.15, 0.2) is 13.9 Å². The molecule has 42 heavy (non-hydrogen) atoms. The van der Waals surface area contributed by atoms with Crippen molar-refractivity contribution in [3.05, 3.63) is 90.0 Å². The second kappa shape index (κ2) is 11.8. The third-order valence-corrected chi connectivity index (χ3v) is 11.0. The van der Waals surface area contributed by atoms with E-state index >= 15 is 0 Å². The average Bonchev–Trinajstić information content (AvgIpc) is 3.42. The number of carbonyl (C=O) groups is 3. The van der Waals surface area contributed by atoms with Crippen molar-refractivity contribution in [2.45, 2.75) is 50.2 Å². The van der Waals surface area contributed by atoms with Gasteiger partial charge < -0.3 is 24.9 Å². The Morgan fingerprint density at radius 2 is 1.71 bits per heavy atom. The van der Waals surface area contributed by atoms with E-state index in [0.29, 0.717) is 29.2 Å². The van der Waals surface area contributed by atoms with Gasteiger partial charge in [0.25, 0.3) is 5.91 Å². The summed E-state index contributed by atoms with van der Waals surface area (Å²) in [6.45, 7) is 5.78. The van der Waals surface area contributed by atoms with Crippen LogP contribution in [0.1, 0.15) is 24.5 Å². The number of carbonyl (C=O) groups excluding carboxylic acids is 3. The highest BCUT2D eigenvalue weighted by atomic mass is 28.4. The molecule has 0 bridgehead atoms. The lowest BCUT2D eigenvalue weighted by Crippen LogP contribution is -2.44. The van der Waals surface area contributed by atoms with Gasteiger partial charge in [-0.3, -0.25) is 19.3 Å². The number of nitrogens with zero attached hydrogens (tertiary/aromatic N) is 2. The molecule has 2 aliphatic rings. The zero-order chi connectivity index (χ0) is 30.1. The van der Waals surface area contributed by atoms with Crippen LogP contribution in [0.25, 0.3) is 0 Å². The van der Waals surface area contributed by atoms with E-state index in [-0.39, 0.29) is 31.4 Å². The zero-order valence-corrected chi connectivity index (χ0v) is 25.1. The van der Waals surface area contributed by atoms with E-state index in [1.165, 1.54) is 4.90 Å². The lowest BCUT2D eigenvalue weighted by Gasteiger charge is -2.32. The van der Waals surface area contributed by atoms with Gasteiger partial charge >= 0.3 is 0 Å². The quantitative estimate of drug-likeness (QED) is 0.242. The normalized spacial score (nSPS) is 23.0. The topological polar surface area (TPSA) is 119 Å². The Morgan fingerprint density at radius 3 is 2.33 bits per heavy atom. The Balaban J connectivity index is 1.50. The molecule has 2 heterocycles. The first-order chi connectivity index (χ1) is 20.1. The minimum absolute atomic E-state index is 0.0483. The van der Waals surface area contributed by atoms with Crippen molar-refractivity contribution in [1.82, 2.24) is 4.90 Å². The van der Waals surface area contributed by atoms with Crippen LogP contribution in [-0.2, 0) is 31.3 Å². The fraction of sp³-hybridized carbons (Fsp3) is 0.344. The summed E-state index contributed by atoms with van der Waals surface area (Å²) in [5.41, 5.74) is 1.44. The van der Waals surface area contributed by atoms with Gasteiger partial charge in [-0.2, -0.15) is 0 Å². The summed E-state index contributed by atoms with van der Waals surface area (Å²) in [7, 11) is -2.98.